The molecule has 3 aromatic heterocycles. The maximum absolute atomic E-state index is 9.16. The summed E-state index contributed by atoms with van der Waals surface area (Å²) in [7, 11) is 0. The van der Waals surface area contributed by atoms with Gasteiger partial charge in [0.25, 0.3) is 0 Å². The number of rotatable bonds is 3. The number of aromatic nitrogens is 5. The lowest BCUT2D eigenvalue weighted by Crippen LogP contribution is -2.04. The molecule has 0 aliphatic carbocycles. The van der Waals surface area contributed by atoms with Crippen molar-refractivity contribution >= 4 is 38.5 Å². The minimum Gasteiger partial charge on any atom is -0.368 e. The number of nitrogen functional groups attached to an aromatic ring is 1. The van der Waals surface area contributed by atoms with Gasteiger partial charge in [0, 0.05) is 10.9 Å². The number of nitriles is 1. The Hall–Kier alpha value is -3.77. The Bertz CT molecular complexity index is 1430. The Morgan fingerprint density at radius 1 is 1.14 bits per heavy atom. The van der Waals surface area contributed by atoms with Gasteiger partial charge in [-0.2, -0.15) is 9.78 Å². The van der Waals surface area contributed by atoms with E-state index in [9.17, 15) is 0 Å². The summed E-state index contributed by atoms with van der Waals surface area (Å²) in [5.74, 6) is 0.741. The second-order valence-corrected chi connectivity index (χ2v) is 7.18. The molecule has 5 rings (SSSR count). The van der Waals surface area contributed by atoms with Gasteiger partial charge in [0.05, 0.1) is 33.9 Å². The molecule has 0 aliphatic rings. The summed E-state index contributed by atoms with van der Waals surface area (Å²) >= 11 is 3.57. The van der Waals surface area contributed by atoms with Crippen molar-refractivity contribution in [2.45, 2.75) is 6.42 Å². The number of fused-ring (bicyclic) bond motifs is 2. The predicted octanol–water partition coefficient (Wildman–Crippen LogP) is 3.74. The maximum atomic E-state index is 9.16. The molecule has 0 amide bonds. The second kappa shape index (κ2) is 6.68. The fourth-order valence-electron chi connectivity index (χ4n) is 3.19. The zero-order valence-electron chi connectivity index (χ0n) is 14.9. The zero-order chi connectivity index (χ0) is 20.0. The average Bonchev–Trinajstić information content (AvgIpc) is 3.36. The van der Waals surface area contributed by atoms with Crippen molar-refractivity contribution in [3.63, 3.8) is 0 Å². The van der Waals surface area contributed by atoms with E-state index in [0.717, 1.165) is 16.6 Å². The molecule has 0 bridgehead atoms. The summed E-state index contributed by atoms with van der Waals surface area (Å²) < 4.78 is 7.49. The normalized spacial score (nSPS) is 11.2. The molecule has 0 fully saturated rings. The number of para-hydroxylation sites is 1. The molecule has 2 aromatic carbocycles. The lowest BCUT2D eigenvalue weighted by atomic mass is 10.1. The lowest BCUT2D eigenvalue weighted by Gasteiger charge is -2.07. The minimum absolute atomic E-state index is 0.198. The van der Waals surface area contributed by atoms with Crippen LogP contribution in [-0.2, 0) is 6.42 Å². The molecule has 0 saturated carbocycles. The van der Waals surface area contributed by atoms with E-state index in [2.05, 4.69) is 42.2 Å². The highest BCUT2D eigenvalue weighted by Crippen LogP contribution is 2.31. The van der Waals surface area contributed by atoms with Crippen LogP contribution >= 0.6 is 15.9 Å². The van der Waals surface area contributed by atoms with E-state index in [4.69, 9.17) is 15.5 Å². The third-order valence-corrected chi connectivity index (χ3v) is 5.27. The van der Waals surface area contributed by atoms with Gasteiger partial charge in [-0.05, 0) is 40.2 Å². The first-order valence-corrected chi connectivity index (χ1v) is 9.48. The molecule has 0 spiro atoms. The van der Waals surface area contributed by atoms with Gasteiger partial charge in [0.15, 0.2) is 17.1 Å². The van der Waals surface area contributed by atoms with Crippen LogP contribution < -0.4 is 5.73 Å². The first kappa shape index (κ1) is 17.3. The van der Waals surface area contributed by atoms with Crippen LogP contribution in [0.3, 0.4) is 0 Å². The largest absolute Gasteiger partial charge is 0.368 e. The summed E-state index contributed by atoms with van der Waals surface area (Å²) in [6.07, 6.45) is 0.393. The maximum Gasteiger partial charge on any atom is 0.223 e. The Morgan fingerprint density at radius 3 is 2.86 bits per heavy atom. The number of hydrogen-bond donors (Lipinski definition) is 1. The average molecular weight is 446 g/mol. The lowest BCUT2D eigenvalue weighted by molar-refractivity contribution is 0.447. The monoisotopic (exact) mass is 445 g/mol. The molecule has 3 heterocycles. The highest BCUT2D eigenvalue weighted by atomic mass is 79.9. The topological polar surface area (TPSA) is 119 Å². The Labute approximate surface area is 172 Å². The Kier molecular flexibility index (Phi) is 4.00. The molecular formula is C20H12BrN7O. The van der Waals surface area contributed by atoms with Crippen molar-refractivity contribution in [3.8, 4) is 17.3 Å². The van der Waals surface area contributed by atoms with Gasteiger partial charge in [0.2, 0.25) is 5.95 Å². The van der Waals surface area contributed by atoms with E-state index < -0.39 is 0 Å². The molecule has 0 atom stereocenters. The fraction of sp³-hybridized carbons (Fsp3) is 0.0500. The van der Waals surface area contributed by atoms with Crippen molar-refractivity contribution in [1.82, 2.24) is 24.7 Å². The van der Waals surface area contributed by atoms with Gasteiger partial charge in [0.1, 0.15) is 0 Å². The van der Waals surface area contributed by atoms with E-state index in [1.165, 1.54) is 4.52 Å². The van der Waals surface area contributed by atoms with Crippen LogP contribution in [0.4, 0.5) is 5.95 Å². The summed E-state index contributed by atoms with van der Waals surface area (Å²) in [5, 5.41) is 18.7. The van der Waals surface area contributed by atoms with Crippen molar-refractivity contribution in [3.05, 3.63) is 70.1 Å². The van der Waals surface area contributed by atoms with Crippen molar-refractivity contribution in [2.75, 3.05) is 5.73 Å². The summed E-state index contributed by atoms with van der Waals surface area (Å²) in [6.45, 7) is 0. The smallest absolute Gasteiger partial charge is 0.223 e. The van der Waals surface area contributed by atoms with Crippen LogP contribution in [0.25, 0.3) is 27.9 Å². The van der Waals surface area contributed by atoms with Gasteiger partial charge in [-0.1, -0.05) is 29.4 Å². The van der Waals surface area contributed by atoms with E-state index in [1.807, 2.05) is 30.3 Å². The van der Waals surface area contributed by atoms with Crippen LogP contribution in [0.5, 0.6) is 0 Å². The minimum atomic E-state index is 0.198. The molecule has 8 nitrogen and oxygen atoms in total. The van der Waals surface area contributed by atoms with Crippen LogP contribution in [0.2, 0.25) is 0 Å². The van der Waals surface area contributed by atoms with Crippen LogP contribution in [-0.4, -0.2) is 24.7 Å². The zero-order valence-corrected chi connectivity index (χ0v) is 16.5. The Morgan fingerprint density at radius 2 is 2.00 bits per heavy atom. The molecule has 5 aromatic rings. The number of benzene rings is 2. The standard InChI is InChI=1S/C20H12BrN7O/c21-17-18(12-5-3-4-11(8-12)10-22)25-20(23)28-19(17)24-16(26-28)9-14-13-6-1-2-7-15(13)29-27-14/h1-8H,9H2,(H2,23,25). The van der Waals surface area contributed by atoms with Crippen molar-refractivity contribution in [2.24, 2.45) is 0 Å². The second-order valence-electron chi connectivity index (χ2n) is 6.39. The molecule has 2 N–H and O–H groups in total. The SMILES string of the molecule is N#Cc1cccc(-c2nc(N)n3nc(Cc4noc5ccccc45)nc3c2Br)c1. The summed E-state index contributed by atoms with van der Waals surface area (Å²) in [4.78, 5) is 9.08. The van der Waals surface area contributed by atoms with Gasteiger partial charge in [-0.25, -0.2) is 9.97 Å². The summed E-state index contributed by atoms with van der Waals surface area (Å²) in [5.41, 5.74) is 10.0. The highest BCUT2D eigenvalue weighted by Gasteiger charge is 2.18. The first-order valence-electron chi connectivity index (χ1n) is 8.68. The van der Waals surface area contributed by atoms with E-state index in [1.54, 1.807) is 18.2 Å². The third kappa shape index (κ3) is 2.90. The molecule has 0 aliphatic heterocycles. The van der Waals surface area contributed by atoms with Crippen molar-refractivity contribution < 1.29 is 4.52 Å². The first-order chi connectivity index (χ1) is 14.1. The number of hydrogen-bond acceptors (Lipinski definition) is 7. The van der Waals surface area contributed by atoms with E-state index in [-0.39, 0.29) is 5.95 Å². The molecule has 0 saturated heterocycles. The van der Waals surface area contributed by atoms with E-state index in [0.29, 0.717) is 39.2 Å². The number of anilines is 1. The molecular weight excluding hydrogens is 434 g/mol. The van der Waals surface area contributed by atoms with Crippen LogP contribution in [0, 0.1) is 11.3 Å². The predicted molar refractivity (Wildman–Crippen MR) is 110 cm³/mol. The van der Waals surface area contributed by atoms with Crippen molar-refractivity contribution in [1.29, 1.82) is 5.26 Å². The van der Waals surface area contributed by atoms with Gasteiger partial charge in [-0.15, -0.1) is 5.10 Å². The molecule has 9 heteroatoms. The molecule has 29 heavy (non-hydrogen) atoms. The van der Waals surface area contributed by atoms with Crippen LogP contribution in [0.15, 0.2) is 57.5 Å². The molecule has 140 valence electrons. The quantitative estimate of drug-likeness (QED) is 0.448. The highest BCUT2D eigenvalue weighted by molar-refractivity contribution is 9.10. The Balaban J connectivity index is 1.61. The molecule has 0 radical (unpaired) electrons. The fourth-order valence-corrected chi connectivity index (χ4v) is 3.77. The van der Waals surface area contributed by atoms with Gasteiger partial charge >= 0.3 is 0 Å². The number of nitrogens with two attached hydrogens (primary N) is 1. The van der Waals surface area contributed by atoms with E-state index >= 15 is 0 Å². The van der Waals surface area contributed by atoms with Gasteiger partial charge in [-0.3, -0.25) is 0 Å². The number of nitrogens with zero attached hydrogens (tertiary/aromatic N) is 6. The third-order valence-electron chi connectivity index (χ3n) is 4.54. The summed E-state index contributed by atoms with van der Waals surface area (Å²) in [6, 6.07) is 16.9. The van der Waals surface area contributed by atoms with Gasteiger partial charge < -0.3 is 10.3 Å². The van der Waals surface area contributed by atoms with Crippen LogP contribution in [0.1, 0.15) is 17.1 Å². The molecule has 0 unspecified atom stereocenters. The number of halogens is 1.